The van der Waals surface area contributed by atoms with Crippen molar-refractivity contribution in [2.24, 2.45) is 5.92 Å². The summed E-state index contributed by atoms with van der Waals surface area (Å²) >= 11 is 6.19. The van der Waals surface area contributed by atoms with Crippen molar-refractivity contribution in [3.8, 4) is 22.9 Å². The van der Waals surface area contributed by atoms with Crippen molar-refractivity contribution in [2.75, 3.05) is 27.3 Å². The van der Waals surface area contributed by atoms with Gasteiger partial charge in [0.25, 0.3) is 0 Å². The maximum atomic E-state index is 6.19. The van der Waals surface area contributed by atoms with E-state index < -0.39 is 0 Å². The Kier molecular flexibility index (Phi) is 3.98. The Hall–Kier alpha value is -1.79. The van der Waals surface area contributed by atoms with Crippen LogP contribution in [0, 0.1) is 5.92 Å². The highest BCUT2D eigenvalue weighted by Crippen LogP contribution is 2.38. The highest BCUT2D eigenvalue weighted by Gasteiger charge is 2.21. The Balaban J connectivity index is 1.87. The first-order valence-electron chi connectivity index (χ1n) is 6.66. The number of halogens is 1. The standard InChI is InChI=1S/C14H16ClN3O3/c1-19-11-5-9(4-10(15)13(11)20-2)14-17-12(21-18-14)3-8-6-16-7-8/h4-5,8,16H,3,6-7H2,1-2H3. The topological polar surface area (TPSA) is 69.4 Å². The lowest BCUT2D eigenvalue weighted by atomic mass is 10.00. The van der Waals surface area contributed by atoms with Crippen molar-refractivity contribution in [2.45, 2.75) is 6.42 Å². The number of hydrogen-bond acceptors (Lipinski definition) is 6. The van der Waals surface area contributed by atoms with Gasteiger partial charge in [-0.25, -0.2) is 0 Å². The van der Waals surface area contributed by atoms with E-state index in [1.807, 2.05) is 0 Å². The molecular weight excluding hydrogens is 294 g/mol. The summed E-state index contributed by atoms with van der Waals surface area (Å²) in [6.07, 6.45) is 0.793. The molecule has 1 saturated heterocycles. The van der Waals surface area contributed by atoms with Gasteiger partial charge in [0, 0.05) is 12.0 Å². The van der Waals surface area contributed by atoms with Gasteiger partial charge in [0.2, 0.25) is 11.7 Å². The molecule has 6 nitrogen and oxygen atoms in total. The second-order valence-electron chi connectivity index (χ2n) is 4.93. The summed E-state index contributed by atoms with van der Waals surface area (Å²) in [5.41, 5.74) is 0.736. The first-order chi connectivity index (χ1) is 10.2. The van der Waals surface area contributed by atoms with Gasteiger partial charge < -0.3 is 19.3 Å². The molecule has 7 heteroatoms. The number of methoxy groups -OCH3 is 2. The van der Waals surface area contributed by atoms with E-state index in [2.05, 4.69) is 15.5 Å². The second-order valence-corrected chi connectivity index (χ2v) is 5.34. The molecule has 1 fully saturated rings. The van der Waals surface area contributed by atoms with Gasteiger partial charge >= 0.3 is 0 Å². The minimum Gasteiger partial charge on any atom is -0.493 e. The van der Waals surface area contributed by atoms with Crippen LogP contribution in [0.1, 0.15) is 5.89 Å². The molecule has 1 aliphatic heterocycles. The number of aromatic nitrogens is 2. The lowest BCUT2D eigenvalue weighted by Crippen LogP contribution is -2.43. The first kappa shape index (κ1) is 14.2. The van der Waals surface area contributed by atoms with E-state index >= 15 is 0 Å². The molecule has 0 atom stereocenters. The van der Waals surface area contributed by atoms with Crippen LogP contribution >= 0.6 is 11.6 Å². The lowest BCUT2D eigenvalue weighted by Gasteiger charge is -2.25. The van der Waals surface area contributed by atoms with E-state index in [1.165, 1.54) is 0 Å². The van der Waals surface area contributed by atoms with Gasteiger partial charge in [-0.05, 0) is 31.1 Å². The van der Waals surface area contributed by atoms with Gasteiger partial charge in [-0.1, -0.05) is 16.8 Å². The zero-order chi connectivity index (χ0) is 14.8. The SMILES string of the molecule is COc1cc(-c2noc(CC3CNC3)n2)cc(Cl)c1OC. The third kappa shape index (κ3) is 2.82. The Morgan fingerprint density at radius 2 is 2.14 bits per heavy atom. The summed E-state index contributed by atoms with van der Waals surface area (Å²) in [5, 5.41) is 7.67. The minimum atomic E-state index is 0.446. The Morgan fingerprint density at radius 1 is 1.33 bits per heavy atom. The van der Waals surface area contributed by atoms with E-state index in [0.29, 0.717) is 34.2 Å². The highest BCUT2D eigenvalue weighted by atomic mass is 35.5. The molecule has 0 amide bonds. The molecule has 1 aliphatic rings. The van der Waals surface area contributed by atoms with Crippen LogP contribution in [0.4, 0.5) is 0 Å². The molecule has 0 spiro atoms. The van der Waals surface area contributed by atoms with Crippen LogP contribution in [0.3, 0.4) is 0 Å². The van der Waals surface area contributed by atoms with Gasteiger partial charge in [0.15, 0.2) is 11.5 Å². The Labute approximate surface area is 127 Å². The largest absolute Gasteiger partial charge is 0.493 e. The van der Waals surface area contributed by atoms with Crippen LogP contribution in [-0.2, 0) is 6.42 Å². The molecule has 0 radical (unpaired) electrons. The van der Waals surface area contributed by atoms with Crippen molar-refractivity contribution in [1.29, 1.82) is 0 Å². The smallest absolute Gasteiger partial charge is 0.227 e. The fraction of sp³-hybridized carbons (Fsp3) is 0.429. The fourth-order valence-corrected chi connectivity index (χ4v) is 2.53. The molecule has 21 heavy (non-hydrogen) atoms. The van der Waals surface area contributed by atoms with Crippen LogP contribution in [0.15, 0.2) is 16.7 Å². The molecule has 1 N–H and O–H groups in total. The Morgan fingerprint density at radius 3 is 2.76 bits per heavy atom. The normalized spacial score (nSPS) is 14.8. The third-order valence-corrected chi connectivity index (χ3v) is 3.77. The maximum absolute atomic E-state index is 6.19. The number of nitrogens with zero attached hydrogens (tertiary/aromatic N) is 2. The number of ether oxygens (including phenoxy) is 2. The van der Waals surface area contributed by atoms with E-state index in [1.54, 1.807) is 26.4 Å². The number of benzene rings is 1. The van der Waals surface area contributed by atoms with Crippen molar-refractivity contribution in [3.63, 3.8) is 0 Å². The molecule has 1 aromatic carbocycles. The van der Waals surface area contributed by atoms with E-state index in [-0.39, 0.29) is 0 Å². The predicted molar refractivity (Wildman–Crippen MR) is 77.9 cm³/mol. The van der Waals surface area contributed by atoms with Crippen molar-refractivity contribution >= 4 is 11.6 Å². The summed E-state index contributed by atoms with van der Waals surface area (Å²) in [6.45, 7) is 2.00. The van der Waals surface area contributed by atoms with Crippen LogP contribution in [-0.4, -0.2) is 37.4 Å². The van der Waals surface area contributed by atoms with E-state index in [9.17, 15) is 0 Å². The second kappa shape index (κ2) is 5.91. The van der Waals surface area contributed by atoms with Gasteiger partial charge in [-0.15, -0.1) is 0 Å². The van der Waals surface area contributed by atoms with Crippen LogP contribution in [0.2, 0.25) is 5.02 Å². The molecule has 2 aromatic rings. The molecule has 0 bridgehead atoms. The number of hydrogen-bond donors (Lipinski definition) is 1. The molecule has 1 aromatic heterocycles. The maximum Gasteiger partial charge on any atom is 0.227 e. The molecular formula is C14H16ClN3O3. The van der Waals surface area contributed by atoms with E-state index in [0.717, 1.165) is 25.1 Å². The monoisotopic (exact) mass is 309 g/mol. The highest BCUT2D eigenvalue weighted by molar-refractivity contribution is 6.32. The van der Waals surface area contributed by atoms with Gasteiger partial charge in [-0.3, -0.25) is 0 Å². The lowest BCUT2D eigenvalue weighted by molar-refractivity contribution is 0.296. The molecule has 112 valence electrons. The van der Waals surface area contributed by atoms with Crippen LogP contribution in [0.5, 0.6) is 11.5 Å². The molecule has 0 aliphatic carbocycles. The third-order valence-electron chi connectivity index (χ3n) is 3.49. The summed E-state index contributed by atoms with van der Waals surface area (Å²) in [5.74, 6) is 2.75. The zero-order valence-corrected chi connectivity index (χ0v) is 12.6. The van der Waals surface area contributed by atoms with Gasteiger partial charge in [0.05, 0.1) is 19.2 Å². The zero-order valence-electron chi connectivity index (χ0n) is 11.9. The van der Waals surface area contributed by atoms with Crippen molar-refractivity contribution in [1.82, 2.24) is 15.5 Å². The van der Waals surface area contributed by atoms with Gasteiger partial charge in [-0.2, -0.15) is 4.98 Å². The average molecular weight is 310 g/mol. The predicted octanol–water partition coefficient (Wildman–Crippen LogP) is 2.17. The summed E-state index contributed by atoms with van der Waals surface area (Å²) in [7, 11) is 3.10. The van der Waals surface area contributed by atoms with Gasteiger partial charge in [0.1, 0.15) is 0 Å². The summed E-state index contributed by atoms with van der Waals surface area (Å²) in [4.78, 5) is 4.41. The van der Waals surface area contributed by atoms with Crippen LogP contribution in [0.25, 0.3) is 11.4 Å². The summed E-state index contributed by atoms with van der Waals surface area (Å²) in [6, 6.07) is 3.52. The summed E-state index contributed by atoms with van der Waals surface area (Å²) < 4.78 is 15.8. The number of rotatable bonds is 5. The van der Waals surface area contributed by atoms with Crippen molar-refractivity contribution < 1.29 is 14.0 Å². The average Bonchev–Trinajstić information content (AvgIpc) is 2.90. The fourth-order valence-electron chi connectivity index (χ4n) is 2.24. The quantitative estimate of drug-likeness (QED) is 0.913. The molecule has 2 heterocycles. The number of nitrogens with one attached hydrogen (secondary N) is 1. The molecule has 0 saturated carbocycles. The minimum absolute atomic E-state index is 0.446. The van der Waals surface area contributed by atoms with Crippen molar-refractivity contribution in [3.05, 3.63) is 23.0 Å². The molecule has 3 rings (SSSR count). The van der Waals surface area contributed by atoms with E-state index in [4.69, 9.17) is 25.6 Å². The first-order valence-corrected chi connectivity index (χ1v) is 7.04. The van der Waals surface area contributed by atoms with Crippen LogP contribution < -0.4 is 14.8 Å². The molecule has 0 unspecified atom stereocenters. The Bertz CT molecular complexity index is 640.